The molecule has 114 valence electrons. The third-order valence-electron chi connectivity index (χ3n) is 3.35. The molecule has 0 aliphatic heterocycles. The minimum Gasteiger partial charge on any atom is -0.398 e. The van der Waals surface area contributed by atoms with E-state index in [0.717, 1.165) is 26.1 Å². The van der Waals surface area contributed by atoms with Gasteiger partial charge in [0, 0.05) is 6.54 Å². The fraction of sp³-hybridized carbons (Fsp3) is 0.571. The lowest BCUT2D eigenvalue weighted by molar-refractivity contribution is 0.300. The van der Waals surface area contributed by atoms with E-state index < -0.39 is 10.0 Å². The maximum atomic E-state index is 12.3. The summed E-state index contributed by atoms with van der Waals surface area (Å²) in [7, 11) is -3.53. The van der Waals surface area contributed by atoms with Crippen LogP contribution < -0.4 is 10.5 Å². The van der Waals surface area contributed by atoms with Gasteiger partial charge in [0.15, 0.2) is 0 Å². The van der Waals surface area contributed by atoms with Gasteiger partial charge in [0.1, 0.15) is 4.90 Å². The molecule has 0 spiro atoms. The predicted octanol–water partition coefficient (Wildman–Crippen LogP) is 1.59. The monoisotopic (exact) mass is 299 g/mol. The zero-order valence-corrected chi connectivity index (χ0v) is 13.3. The van der Waals surface area contributed by atoms with Crippen LogP contribution in [0, 0.1) is 6.92 Å². The maximum absolute atomic E-state index is 12.3. The molecule has 1 rings (SSSR count). The highest BCUT2D eigenvalue weighted by Crippen LogP contribution is 2.21. The van der Waals surface area contributed by atoms with Crippen LogP contribution >= 0.6 is 0 Å². The Morgan fingerprint density at radius 1 is 1.25 bits per heavy atom. The molecule has 0 atom stereocenters. The van der Waals surface area contributed by atoms with Crippen molar-refractivity contribution in [3.63, 3.8) is 0 Å². The molecule has 0 radical (unpaired) electrons. The summed E-state index contributed by atoms with van der Waals surface area (Å²) in [4.78, 5) is 2.46. The van der Waals surface area contributed by atoms with Crippen LogP contribution in [0.1, 0.15) is 25.8 Å². The van der Waals surface area contributed by atoms with Crippen molar-refractivity contribution in [2.24, 2.45) is 0 Å². The molecule has 6 heteroatoms. The summed E-state index contributed by atoms with van der Waals surface area (Å²) >= 11 is 0. The Labute approximate surface area is 122 Å². The molecule has 0 bridgehead atoms. The lowest BCUT2D eigenvalue weighted by atomic mass is 10.2. The Morgan fingerprint density at radius 3 is 2.45 bits per heavy atom. The van der Waals surface area contributed by atoms with Crippen molar-refractivity contribution in [2.75, 3.05) is 31.9 Å². The average Bonchev–Trinajstić information content (AvgIpc) is 2.38. The molecule has 3 N–H and O–H groups in total. The van der Waals surface area contributed by atoms with Crippen LogP contribution in [0.25, 0.3) is 0 Å². The smallest absolute Gasteiger partial charge is 0.242 e. The Morgan fingerprint density at radius 2 is 1.90 bits per heavy atom. The quantitative estimate of drug-likeness (QED) is 0.564. The van der Waals surface area contributed by atoms with Crippen LogP contribution in [0.15, 0.2) is 23.1 Å². The highest BCUT2D eigenvalue weighted by Gasteiger charge is 2.19. The molecule has 0 heterocycles. The fourth-order valence-electron chi connectivity index (χ4n) is 2.16. The molecule has 0 unspecified atom stereocenters. The normalized spacial score (nSPS) is 12.0. The number of benzene rings is 1. The van der Waals surface area contributed by atoms with Gasteiger partial charge >= 0.3 is 0 Å². The molecule has 1 aromatic carbocycles. The molecular weight excluding hydrogens is 274 g/mol. The topological polar surface area (TPSA) is 75.4 Å². The van der Waals surface area contributed by atoms with Crippen LogP contribution in [0.2, 0.25) is 0 Å². The summed E-state index contributed by atoms with van der Waals surface area (Å²) in [6.45, 7) is 9.22. The van der Waals surface area contributed by atoms with Gasteiger partial charge in [0.25, 0.3) is 0 Å². The zero-order chi connectivity index (χ0) is 15.2. The Hall–Kier alpha value is -1.11. The number of nitrogens with two attached hydrogens (primary N) is 1. The SMILES string of the molecule is CCN(CC)CCCNS(=O)(=O)c1c(C)cccc1N. The standard InChI is InChI=1S/C14H25N3O2S/c1-4-17(5-2)11-7-10-16-20(18,19)14-12(3)8-6-9-13(14)15/h6,8-9,16H,4-5,7,10-11,15H2,1-3H3. The highest BCUT2D eigenvalue weighted by molar-refractivity contribution is 7.89. The second-order valence-corrected chi connectivity index (χ2v) is 6.48. The summed E-state index contributed by atoms with van der Waals surface area (Å²) in [5.41, 5.74) is 6.74. The van der Waals surface area contributed by atoms with Gasteiger partial charge in [-0.3, -0.25) is 0 Å². The first-order valence-corrected chi connectivity index (χ1v) is 8.47. The van der Waals surface area contributed by atoms with Gasteiger partial charge in [-0.05, 0) is 44.6 Å². The van der Waals surface area contributed by atoms with Crippen molar-refractivity contribution in [3.8, 4) is 0 Å². The fourth-order valence-corrected chi connectivity index (χ4v) is 3.59. The molecule has 0 aliphatic rings. The van der Waals surface area contributed by atoms with Gasteiger partial charge in [-0.15, -0.1) is 0 Å². The van der Waals surface area contributed by atoms with Gasteiger partial charge in [0.05, 0.1) is 5.69 Å². The van der Waals surface area contributed by atoms with Gasteiger partial charge < -0.3 is 10.6 Å². The second kappa shape index (κ2) is 7.61. The average molecular weight is 299 g/mol. The van der Waals surface area contributed by atoms with Crippen LogP contribution in [0.3, 0.4) is 0 Å². The van der Waals surface area contributed by atoms with E-state index in [2.05, 4.69) is 23.5 Å². The van der Waals surface area contributed by atoms with Gasteiger partial charge in [-0.25, -0.2) is 13.1 Å². The zero-order valence-electron chi connectivity index (χ0n) is 12.5. The third-order valence-corrected chi connectivity index (χ3v) is 5.03. The minimum atomic E-state index is -3.53. The van der Waals surface area contributed by atoms with Crippen LogP contribution in [0.5, 0.6) is 0 Å². The molecule has 0 saturated heterocycles. The van der Waals surface area contributed by atoms with Crippen LogP contribution in [-0.4, -0.2) is 39.5 Å². The summed E-state index contributed by atoms with van der Waals surface area (Å²) in [5.74, 6) is 0. The molecule has 0 fully saturated rings. The highest BCUT2D eigenvalue weighted by atomic mass is 32.2. The minimum absolute atomic E-state index is 0.197. The van der Waals surface area contributed by atoms with Crippen molar-refractivity contribution in [3.05, 3.63) is 23.8 Å². The van der Waals surface area contributed by atoms with Gasteiger partial charge in [0.2, 0.25) is 10.0 Å². The summed E-state index contributed by atoms with van der Waals surface area (Å²) < 4.78 is 27.1. The third kappa shape index (κ3) is 4.47. The lowest BCUT2D eigenvalue weighted by Gasteiger charge is -2.18. The molecule has 0 aliphatic carbocycles. The van der Waals surface area contributed by atoms with Crippen molar-refractivity contribution in [2.45, 2.75) is 32.1 Å². The molecule has 0 aromatic heterocycles. The number of aryl methyl sites for hydroxylation is 1. The van der Waals surface area contributed by atoms with E-state index in [0.29, 0.717) is 17.8 Å². The number of hydrogen-bond donors (Lipinski definition) is 2. The van der Waals surface area contributed by atoms with E-state index >= 15 is 0 Å². The van der Waals surface area contributed by atoms with Crippen LogP contribution in [-0.2, 0) is 10.0 Å². The molecule has 1 aromatic rings. The molecule has 20 heavy (non-hydrogen) atoms. The summed E-state index contributed by atoms with van der Waals surface area (Å²) in [6.07, 6.45) is 0.784. The van der Waals surface area contributed by atoms with Gasteiger partial charge in [-0.1, -0.05) is 26.0 Å². The van der Waals surface area contributed by atoms with Gasteiger partial charge in [-0.2, -0.15) is 0 Å². The Balaban J connectivity index is 2.63. The largest absolute Gasteiger partial charge is 0.398 e. The van der Waals surface area contributed by atoms with E-state index in [4.69, 9.17) is 5.73 Å². The molecular formula is C14H25N3O2S. The molecule has 0 saturated carbocycles. The number of rotatable bonds is 8. The van der Waals surface area contributed by atoms with E-state index in [1.54, 1.807) is 25.1 Å². The first-order valence-electron chi connectivity index (χ1n) is 6.99. The van der Waals surface area contributed by atoms with E-state index in [1.807, 2.05) is 0 Å². The number of anilines is 1. The summed E-state index contributed by atoms with van der Waals surface area (Å²) in [6, 6.07) is 5.11. The van der Waals surface area contributed by atoms with Crippen molar-refractivity contribution in [1.29, 1.82) is 0 Å². The van der Waals surface area contributed by atoms with E-state index in [1.165, 1.54) is 0 Å². The second-order valence-electron chi connectivity index (χ2n) is 4.77. The number of hydrogen-bond acceptors (Lipinski definition) is 4. The van der Waals surface area contributed by atoms with Crippen LogP contribution in [0.4, 0.5) is 5.69 Å². The Bertz CT molecular complexity index is 505. The number of nitrogens with one attached hydrogen (secondary N) is 1. The number of nitrogen functional groups attached to an aromatic ring is 1. The summed E-state index contributed by atoms with van der Waals surface area (Å²) in [5, 5.41) is 0. The van der Waals surface area contributed by atoms with Crippen molar-refractivity contribution in [1.82, 2.24) is 9.62 Å². The molecule has 0 amide bonds. The lowest BCUT2D eigenvalue weighted by Crippen LogP contribution is -2.30. The first-order chi connectivity index (χ1) is 9.42. The number of sulfonamides is 1. The predicted molar refractivity (Wildman–Crippen MR) is 83.2 cm³/mol. The maximum Gasteiger partial charge on any atom is 0.242 e. The van der Waals surface area contributed by atoms with E-state index in [9.17, 15) is 8.42 Å². The Kier molecular flexibility index (Phi) is 6.45. The van der Waals surface area contributed by atoms with E-state index in [-0.39, 0.29) is 4.90 Å². The van der Waals surface area contributed by atoms with Crippen molar-refractivity contribution < 1.29 is 8.42 Å². The molecule has 5 nitrogen and oxygen atoms in total. The van der Waals surface area contributed by atoms with Crippen molar-refractivity contribution >= 4 is 15.7 Å². The number of nitrogens with zero attached hydrogens (tertiary/aromatic N) is 1. The first kappa shape index (κ1) is 16.9.